The summed E-state index contributed by atoms with van der Waals surface area (Å²) in [6, 6.07) is 4.84. The van der Waals surface area contributed by atoms with E-state index in [1.54, 1.807) is 12.1 Å². The molecule has 6 nitrogen and oxygen atoms in total. The number of hydrogen-bond donors (Lipinski definition) is 2. The second-order valence-electron chi connectivity index (χ2n) is 3.69. The van der Waals surface area contributed by atoms with Gasteiger partial charge in [-0.15, -0.1) is 21.5 Å². The van der Waals surface area contributed by atoms with Gasteiger partial charge < -0.3 is 10.2 Å². The number of carbonyl (C=O) groups is 1. The van der Waals surface area contributed by atoms with Crippen molar-refractivity contribution in [2.45, 2.75) is 15.3 Å². The number of hydrogen-bond acceptors (Lipinski definition) is 8. The number of aromatic carboxylic acids is 1. The van der Waals surface area contributed by atoms with E-state index in [2.05, 4.69) is 15.2 Å². The Hall–Kier alpha value is -1.55. The van der Waals surface area contributed by atoms with Crippen LogP contribution in [0.3, 0.4) is 0 Å². The molecular formula is C11H7N3O3S3. The minimum atomic E-state index is -0.953. The zero-order valence-electron chi connectivity index (χ0n) is 9.81. The minimum Gasteiger partial charge on any atom is -0.478 e. The predicted octanol–water partition coefficient (Wildman–Crippen LogP) is 2.49. The molecule has 0 spiro atoms. The SMILES string of the molecule is O=C(O)c1ccc2nc(Sc3nnc(CO)s3)sc2c1. The molecule has 102 valence electrons. The third-order valence-electron chi connectivity index (χ3n) is 2.37. The van der Waals surface area contributed by atoms with Crippen LogP contribution in [0.4, 0.5) is 0 Å². The molecule has 0 aliphatic rings. The maximum Gasteiger partial charge on any atom is 0.335 e. The Morgan fingerprint density at radius 1 is 1.25 bits per heavy atom. The molecule has 0 saturated heterocycles. The summed E-state index contributed by atoms with van der Waals surface area (Å²) in [7, 11) is 0. The first kappa shape index (κ1) is 13.4. The van der Waals surface area contributed by atoms with E-state index in [9.17, 15) is 4.79 Å². The molecule has 0 amide bonds. The van der Waals surface area contributed by atoms with Gasteiger partial charge in [0.25, 0.3) is 0 Å². The van der Waals surface area contributed by atoms with E-state index >= 15 is 0 Å². The van der Waals surface area contributed by atoms with Crippen molar-refractivity contribution in [3.8, 4) is 0 Å². The molecule has 1 aromatic carbocycles. The Morgan fingerprint density at radius 2 is 2.10 bits per heavy atom. The van der Waals surface area contributed by atoms with Crippen LogP contribution in [0.5, 0.6) is 0 Å². The van der Waals surface area contributed by atoms with Crippen LogP contribution in [0.2, 0.25) is 0 Å². The fourth-order valence-electron chi connectivity index (χ4n) is 1.50. The van der Waals surface area contributed by atoms with Crippen LogP contribution >= 0.6 is 34.4 Å². The second-order valence-corrected chi connectivity index (χ2v) is 7.28. The molecule has 0 fully saturated rings. The summed E-state index contributed by atoms with van der Waals surface area (Å²) >= 11 is 4.07. The van der Waals surface area contributed by atoms with Gasteiger partial charge in [0.15, 0.2) is 8.68 Å². The quantitative estimate of drug-likeness (QED) is 0.760. The fraction of sp³-hybridized carbons (Fsp3) is 0.0909. The number of benzene rings is 1. The van der Waals surface area contributed by atoms with Crippen molar-refractivity contribution in [3.05, 3.63) is 28.8 Å². The van der Waals surface area contributed by atoms with Gasteiger partial charge in [-0.1, -0.05) is 11.3 Å². The first-order valence-electron chi connectivity index (χ1n) is 5.40. The van der Waals surface area contributed by atoms with E-state index in [0.717, 1.165) is 14.6 Å². The van der Waals surface area contributed by atoms with Crippen LogP contribution in [-0.4, -0.2) is 31.4 Å². The summed E-state index contributed by atoms with van der Waals surface area (Å²) in [5, 5.41) is 26.2. The van der Waals surface area contributed by atoms with Crippen molar-refractivity contribution in [3.63, 3.8) is 0 Å². The summed E-state index contributed by atoms with van der Waals surface area (Å²) in [4.78, 5) is 15.3. The number of aliphatic hydroxyl groups excluding tert-OH is 1. The minimum absolute atomic E-state index is 0.125. The lowest BCUT2D eigenvalue weighted by Gasteiger charge is -1.91. The number of aromatic nitrogens is 3. The molecule has 0 atom stereocenters. The Bertz CT molecular complexity index is 783. The summed E-state index contributed by atoms with van der Waals surface area (Å²) in [5.41, 5.74) is 1.01. The maximum atomic E-state index is 10.9. The second kappa shape index (κ2) is 5.44. The van der Waals surface area contributed by atoms with Crippen LogP contribution in [-0.2, 0) is 6.61 Å². The molecular weight excluding hydrogens is 318 g/mol. The van der Waals surface area contributed by atoms with Gasteiger partial charge in [0.05, 0.1) is 22.4 Å². The van der Waals surface area contributed by atoms with Crippen molar-refractivity contribution in [2.75, 3.05) is 0 Å². The summed E-state index contributed by atoms with van der Waals surface area (Å²) in [5.74, 6) is -0.953. The van der Waals surface area contributed by atoms with Crippen molar-refractivity contribution in [1.29, 1.82) is 0 Å². The van der Waals surface area contributed by atoms with Gasteiger partial charge in [0.1, 0.15) is 5.01 Å². The normalized spacial score (nSPS) is 11.1. The highest BCUT2D eigenvalue weighted by Crippen LogP contribution is 2.35. The maximum absolute atomic E-state index is 10.9. The molecule has 2 heterocycles. The van der Waals surface area contributed by atoms with Crippen molar-refractivity contribution < 1.29 is 15.0 Å². The average Bonchev–Trinajstić information content (AvgIpc) is 3.03. The molecule has 2 aromatic heterocycles. The number of carboxylic acids is 1. The third kappa shape index (κ3) is 2.66. The predicted molar refractivity (Wildman–Crippen MR) is 76.5 cm³/mol. The highest BCUT2D eigenvalue weighted by molar-refractivity contribution is 8.02. The zero-order valence-corrected chi connectivity index (χ0v) is 12.3. The molecule has 3 aromatic rings. The number of aliphatic hydroxyl groups is 1. The van der Waals surface area contributed by atoms with E-state index in [4.69, 9.17) is 10.2 Å². The molecule has 0 unspecified atom stereocenters. The third-order valence-corrected chi connectivity index (χ3v) is 5.41. The smallest absolute Gasteiger partial charge is 0.335 e. The summed E-state index contributed by atoms with van der Waals surface area (Å²) < 4.78 is 2.29. The van der Waals surface area contributed by atoms with E-state index in [-0.39, 0.29) is 12.2 Å². The molecule has 2 N–H and O–H groups in total. The van der Waals surface area contributed by atoms with Crippen molar-refractivity contribution >= 4 is 50.6 Å². The van der Waals surface area contributed by atoms with Gasteiger partial charge in [0.2, 0.25) is 0 Å². The number of rotatable bonds is 4. The highest BCUT2D eigenvalue weighted by Gasteiger charge is 2.11. The zero-order chi connectivity index (χ0) is 14.1. The van der Waals surface area contributed by atoms with Crippen LogP contribution < -0.4 is 0 Å². The monoisotopic (exact) mass is 325 g/mol. The molecule has 0 aliphatic heterocycles. The molecule has 3 rings (SSSR count). The number of carboxylic acid groups (broad SMARTS) is 1. The summed E-state index contributed by atoms with van der Waals surface area (Å²) in [6.07, 6.45) is 0. The Labute approximate surface area is 125 Å². The lowest BCUT2D eigenvalue weighted by atomic mass is 10.2. The number of fused-ring (bicyclic) bond motifs is 1. The standard InChI is InChI=1S/C11H7N3O3S3/c15-4-8-13-14-11(19-8)20-10-12-6-2-1-5(9(16)17)3-7(6)18-10/h1-3,15H,4H2,(H,16,17). The van der Waals surface area contributed by atoms with Crippen LogP contribution in [0.25, 0.3) is 10.2 Å². The number of nitrogens with zero attached hydrogens (tertiary/aromatic N) is 3. The first-order valence-corrected chi connectivity index (χ1v) is 7.85. The van der Waals surface area contributed by atoms with Gasteiger partial charge >= 0.3 is 5.97 Å². The Morgan fingerprint density at radius 3 is 2.80 bits per heavy atom. The molecule has 0 bridgehead atoms. The lowest BCUT2D eigenvalue weighted by molar-refractivity contribution is 0.0697. The van der Waals surface area contributed by atoms with Crippen LogP contribution in [0.1, 0.15) is 15.4 Å². The molecule has 9 heteroatoms. The van der Waals surface area contributed by atoms with Gasteiger partial charge in [-0.05, 0) is 30.0 Å². The first-order chi connectivity index (χ1) is 9.65. The number of thiazole rings is 1. The van der Waals surface area contributed by atoms with E-state index in [1.165, 1.54) is 40.5 Å². The van der Waals surface area contributed by atoms with E-state index in [1.807, 2.05) is 0 Å². The Kier molecular flexibility index (Phi) is 3.66. The van der Waals surface area contributed by atoms with Crippen LogP contribution in [0, 0.1) is 0 Å². The van der Waals surface area contributed by atoms with Gasteiger partial charge in [-0.3, -0.25) is 0 Å². The molecule has 20 heavy (non-hydrogen) atoms. The topological polar surface area (TPSA) is 96.2 Å². The lowest BCUT2D eigenvalue weighted by Crippen LogP contribution is -1.94. The Balaban J connectivity index is 1.90. The highest BCUT2D eigenvalue weighted by atomic mass is 32.2. The van der Waals surface area contributed by atoms with Gasteiger partial charge in [0, 0.05) is 0 Å². The molecule has 0 aliphatic carbocycles. The van der Waals surface area contributed by atoms with Gasteiger partial charge in [-0.2, -0.15) is 0 Å². The molecule has 0 saturated carbocycles. The van der Waals surface area contributed by atoms with E-state index < -0.39 is 5.97 Å². The molecule has 0 radical (unpaired) electrons. The van der Waals surface area contributed by atoms with Gasteiger partial charge in [-0.25, -0.2) is 9.78 Å². The largest absolute Gasteiger partial charge is 0.478 e. The van der Waals surface area contributed by atoms with Crippen LogP contribution in [0.15, 0.2) is 26.9 Å². The average molecular weight is 325 g/mol. The van der Waals surface area contributed by atoms with Crippen molar-refractivity contribution in [2.24, 2.45) is 0 Å². The van der Waals surface area contributed by atoms with Crippen molar-refractivity contribution in [1.82, 2.24) is 15.2 Å². The van der Waals surface area contributed by atoms with E-state index in [0.29, 0.717) is 9.35 Å². The summed E-state index contributed by atoms with van der Waals surface area (Å²) in [6.45, 7) is -0.125. The fourth-order valence-corrected chi connectivity index (χ4v) is 4.56.